The van der Waals surface area contributed by atoms with Crippen molar-refractivity contribution in [2.24, 2.45) is 4.99 Å². The van der Waals surface area contributed by atoms with Crippen molar-refractivity contribution in [2.75, 3.05) is 19.8 Å². The van der Waals surface area contributed by atoms with Gasteiger partial charge in [-0.05, 0) is 36.8 Å². The summed E-state index contributed by atoms with van der Waals surface area (Å²) >= 11 is 1.84. The van der Waals surface area contributed by atoms with E-state index in [1.807, 2.05) is 30.0 Å². The topological polar surface area (TPSA) is 45.7 Å². The smallest absolute Gasteiger partial charge is 0.191 e. The Balaban J connectivity index is 0.00000392. The fraction of sp³-hybridized carbons (Fsp3) is 0.409. The van der Waals surface area contributed by atoms with Crippen molar-refractivity contribution in [3.63, 3.8) is 0 Å². The Morgan fingerprint density at radius 3 is 2.29 bits per heavy atom. The molecule has 0 aliphatic carbocycles. The molecule has 2 N–H and O–H groups in total. The average Bonchev–Trinajstić information content (AvgIpc) is 2.69. The number of hydrogen-bond acceptors (Lipinski definition) is 3. The number of nitrogens with zero attached hydrogens (tertiary/aromatic N) is 1. The molecule has 6 heteroatoms. The molecule has 0 heterocycles. The van der Waals surface area contributed by atoms with Crippen LogP contribution in [-0.4, -0.2) is 30.6 Å². The maximum atomic E-state index is 5.84. The van der Waals surface area contributed by atoms with E-state index >= 15 is 0 Å². The van der Waals surface area contributed by atoms with Crippen LogP contribution in [0.5, 0.6) is 0 Å². The SMILES string of the molecule is CN=C(NCc1cccc(COCc2ccccc2)c1)NCC(C)(C)SC.I. The predicted octanol–water partition coefficient (Wildman–Crippen LogP) is 4.83. The van der Waals surface area contributed by atoms with Crippen LogP contribution in [0.3, 0.4) is 0 Å². The molecule has 0 aliphatic rings. The van der Waals surface area contributed by atoms with Crippen LogP contribution in [0.1, 0.15) is 30.5 Å². The first-order valence-electron chi connectivity index (χ1n) is 9.21. The highest BCUT2D eigenvalue weighted by Crippen LogP contribution is 2.19. The first-order valence-corrected chi connectivity index (χ1v) is 10.4. The normalized spacial score (nSPS) is 11.6. The third kappa shape index (κ3) is 9.30. The summed E-state index contributed by atoms with van der Waals surface area (Å²) in [5.74, 6) is 0.822. The largest absolute Gasteiger partial charge is 0.372 e. The molecule has 2 aromatic rings. The second-order valence-electron chi connectivity index (χ2n) is 7.04. The lowest BCUT2D eigenvalue weighted by atomic mass is 10.1. The standard InChI is InChI=1S/C22H31N3OS.HI/c1-22(2,27-4)17-25-21(23-3)24-14-19-11-8-12-20(13-19)16-26-15-18-9-6-5-7-10-18;/h5-13H,14-17H2,1-4H3,(H2,23,24,25);1H. The van der Waals surface area contributed by atoms with E-state index in [1.54, 1.807) is 7.05 Å². The van der Waals surface area contributed by atoms with Crippen molar-refractivity contribution in [1.29, 1.82) is 0 Å². The number of guanidine groups is 1. The molecule has 0 radical (unpaired) electrons. The summed E-state index contributed by atoms with van der Waals surface area (Å²) in [7, 11) is 1.80. The van der Waals surface area contributed by atoms with Crippen LogP contribution >= 0.6 is 35.7 Å². The number of halogens is 1. The van der Waals surface area contributed by atoms with Gasteiger partial charge < -0.3 is 15.4 Å². The van der Waals surface area contributed by atoms with Gasteiger partial charge in [0.25, 0.3) is 0 Å². The Morgan fingerprint density at radius 2 is 1.61 bits per heavy atom. The molecule has 154 valence electrons. The summed E-state index contributed by atoms with van der Waals surface area (Å²) in [4.78, 5) is 4.31. The van der Waals surface area contributed by atoms with Crippen LogP contribution in [0, 0.1) is 0 Å². The van der Waals surface area contributed by atoms with E-state index in [1.165, 1.54) is 16.7 Å². The van der Waals surface area contributed by atoms with E-state index in [0.29, 0.717) is 13.2 Å². The molecule has 0 fully saturated rings. The van der Waals surface area contributed by atoms with E-state index in [2.05, 4.69) is 72.1 Å². The molecular formula is C22H32IN3OS. The highest BCUT2D eigenvalue weighted by Gasteiger charge is 2.16. The quantitative estimate of drug-likeness (QED) is 0.287. The van der Waals surface area contributed by atoms with Crippen LogP contribution in [-0.2, 0) is 24.5 Å². The molecule has 2 aromatic carbocycles. The van der Waals surface area contributed by atoms with Crippen LogP contribution in [0.2, 0.25) is 0 Å². The summed E-state index contributed by atoms with van der Waals surface area (Å²) in [5.41, 5.74) is 3.58. The maximum absolute atomic E-state index is 5.84. The number of ether oxygens (including phenoxy) is 1. The highest BCUT2D eigenvalue weighted by atomic mass is 127. The second kappa shape index (κ2) is 13.1. The number of hydrogen-bond donors (Lipinski definition) is 2. The summed E-state index contributed by atoms with van der Waals surface area (Å²) in [6, 6.07) is 18.7. The van der Waals surface area contributed by atoms with E-state index in [9.17, 15) is 0 Å². The van der Waals surface area contributed by atoms with Crippen LogP contribution in [0.4, 0.5) is 0 Å². The van der Waals surface area contributed by atoms with E-state index in [0.717, 1.165) is 19.0 Å². The fourth-order valence-electron chi connectivity index (χ4n) is 2.47. The molecule has 4 nitrogen and oxygen atoms in total. The van der Waals surface area contributed by atoms with Crippen molar-refractivity contribution in [3.05, 3.63) is 71.3 Å². The minimum atomic E-state index is 0. The van der Waals surface area contributed by atoms with Gasteiger partial charge >= 0.3 is 0 Å². The van der Waals surface area contributed by atoms with Gasteiger partial charge in [0.2, 0.25) is 0 Å². The first-order chi connectivity index (χ1) is 13.0. The lowest BCUT2D eigenvalue weighted by molar-refractivity contribution is 0.107. The monoisotopic (exact) mass is 513 g/mol. The molecule has 0 atom stereocenters. The zero-order chi connectivity index (χ0) is 19.5. The maximum Gasteiger partial charge on any atom is 0.191 e. The highest BCUT2D eigenvalue weighted by molar-refractivity contribution is 14.0. The Hall–Kier alpha value is -1.25. The lowest BCUT2D eigenvalue weighted by Gasteiger charge is -2.23. The molecule has 0 bridgehead atoms. The van der Waals surface area contributed by atoms with E-state index < -0.39 is 0 Å². The van der Waals surface area contributed by atoms with Gasteiger partial charge in [0.05, 0.1) is 13.2 Å². The number of aliphatic imine (C=N–C) groups is 1. The van der Waals surface area contributed by atoms with Crippen LogP contribution in [0.25, 0.3) is 0 Å². The van der Waals surface area contributed by atoms with Crippen molar-refractivity contribution in [1.82, 2.24) is 10.6 Å². The van der Waals surface area contributed by atoms with Gasteiger partial charge in [-0.3, -0.25) is 4.99 Å². The van der Waals surface area contributed by atoms with Gasteiger partial charge in [0, 0.05) is 24.9 Å². The molecule has 0 saturated heterocycles. The Labute approximate surface area is 191 Å². The molecule has 0 aliphatic heterocycles. The number of thioether (sulfide) groups is 1. The van der Waals surface area contributed by atoms with Gasteiger partial charge in [-0.2, -0.15) is 11.8 Å². The van der Waals surface area contributed by atoms with Crippen molar-refractivity contribution < 1.29 is 4.74 Å². The molecular weight excluding hydrogens is 481 g/mol. The second-order valence-corrected chi connectivity index (χ2v) is 8.55. The summed E-state index contributed by atoms with van der Waals surface area (Å²) in [6.07, 6.45) is 2.13. The first kappa shape index (κ1) is 24.8. The third-order valence-electron chi connectivity index (χ3n) is 4.29. The van der Waals surface area contributed by atoms with Gasteiger partial charge in [0.15, 0.2) is 5.96 Å². The molecule has 0 spiro atoms. The number of nitrogens with one attached hydrogen (secondary N) is 2. The lowest BCUT2D eigenvalue weighted by Crippen LogP contribution is -2.42. The minimum Gasteiger partial charge on any atom is -0.372 e. The zero-order valence-electron chi connectivity index (χ0n) is 17.2. The zero-order valence-corrected chi connectivity index (χ0v) is 20.3. The van der Waals surface area contributed by atoms with Crippen molar-refractivity contribution in [3.8, 4) is 0 Å². The van der Waals surface area contributed by atoms with Crippen molar-refractivity contribution in [2.45, 2.75) is 38.4 Å². The van der Waals surface area contributed by atoms with Gasteiger partial charge in [-0.15, -0.1) is 24.0 Å². The Morgan fingerprint density at radius 1 is 0.964 bits per heavy atom. The van der Waals surface area contributed by atoms with Crippen molar-refractivity contribution >= 4 is 41.7 Å². The Bertz CT molecular complexity index is 723. The van der Waals surface area contributed by atoms with Crippen LogP contribution in [0.15, 0.2) is 59.6 Å². The van der Waals surface area contributed by atoms with Crippen LogP contribution < -0.4 is 10.6 Å². The van der Waals surface area contributed by atoms with Gasteiger partial charge in [-0.1, -0.05) is 54.6 Å². The molecule has 0 unspecified atom stereocenters. The average molecular weight is 513 g/mol. The van der Waals surface area contributed by atoms with Gasteiger partial charge in [-0.25, -0.2) is 0 Å². The van der Waals surface area contributed by atoms with Gasteiger partial charge in [0.1, 0.15) is 0 Å². The summed E-state index contributed by atoms with van der Waals surface area (Å²) < 4.78 is 6.01. The summed E-state index contributed by atoms with van der Waals surface area (Å²) in [6.45, 7) is 7.27. The molecule has 28 heavy (non-hydrogen) atoms. The molecule has 0 aromatic heterocycles. The van der Waals surface area contributed by atoms with E-state index in [4.69, 9.17) is 4.74 Å². The fourth-order valence-corrected chi connectivity index (χ4v) is 2.68. The third-order valence-corrected chi connectivity index (χ3v) is 5.54. The number of benzene rings is 2. The Kier molecular flexibility index (Phi) is 11.6. The minimum absolute atomic E-state index is 0. The molecule has 0 amide bonds. The molecule has 2 rings (SSSR count). The van der Waals surface area contributed by atoms with E-state index in [-0.39, 0.29) is 28.7 Å². The summed E-state index contributed by atoms with van der Waals surface area (Å²) in [5, 5.41) is 6.77. The molecule has 0 saturated carbocycles. The predicted molar refractivity (Wildman–Crippen MR) is 133 cm³/mol. The number of rotatable bonds is 9.